The molecule has 0 amide bonds. The Hall–Kier alpha value is -0.450. The van der Waals surface area contributed by atoms with E-state index in [-0.39, 0.29) is 5.41 Å². The molecule has 0 fully saturated rings. The van der Waals surface area contributed by atoms with E-state index in [0.29, 0.717) is 13.0 Å². The van der Waals surface area contributed by atoms with E-state index in [9.17, 15) is 5.11 Å². The maximum Gasteiger partial charge on any atom is 0.0955 e. The molecular formula is C14H25NO2S. The van der Waals surface area contributed by atoms with E-state index in [4.69, 9.17) is 4.74 Å². The van der Waals surface area contributed by atoms with Crippen LogP contribution in [0.25, 0.3) is 0 Å². The summed E-state index contributed by atoms with van der Waals surface area (Å²) >= 11 is 1.61. The van der Waals surface area contributed by atoms with Crippen LogP contribution in [0.5, 0.6) is 0 Å². The molecule has 0 bridgehead atoms. The number of aliphatic hydroxyl groups excluding tert-OH is 1. The molecule has 1 unspecified atom stereocenters. The minimum absolute atomic E-state index is 0.0646. The van der Waals surface area contributed by atoms with Crippen molar-refractivity contribution < 1.29 is 9.84 Å². The highest BCUT2D eigenvalue weighted by Gasteiger charge is 2.29. The SMILES string of the molecule is CCOC(C)(C)C(O)Cc1nc(C(C)(C)C)cs1. The van der Waals surface area contributed by atoms with Crippen LogP contribution in [-0.2, 0) is 16.6 Å². The van der Waals surface area contributed by atoms with Crippen LogP contribution in [0.4, 0.5) is 0 Å². The van der Waals surface area contributed by atoms with Gasteiger partial charge in [0.15, 0.2) is 0 Å². The lowest BCUT2D eigenvalue weighted by Crippen LogP contribution is -2.40. The molecule has 0 saturated heterocycles. The van der Waals surface area contributed by atoms with Crippen molar-refractivity contribution in [2.45, 2.75) is 65.1 Å². The maximum atomic E-state index is 10.2. The molecule has 0 aliphatic rings. The van der Waals surface area contributed by atoms with Gasteiger partial charge < -0.3 is 9.84 Å². The summed E-state index contributed by atoms with van der Waals surface area (Å²) in [6.45, 7) is 12.8. The second-order valence-corrected chi connectivity index (χ2v) is 7.08. The van der Waals surface area contributed by atoms with E-state index in [1.807, 2.05) is 20.8 Å². The van der Waals surface area contributed by atoms with Crippen LogP contribution in [-0.4, -0.2) is 28.4 Å². The van der Waals surface area contributed by atoms with E-state index in [0.717, 1.165) is 10.7 Å². The zero-order valence-corrected chi connectivity index (χ0v) is 13.1. The van der Waals surface area contributed by atoms with Crippen molar-refractivity contribution in [1.82, 2.24) is 4.98 Å². The maximum absolute atomic E-state index is 10.2. The predicted octanol–water partition coefficient (Wildman–Crippen LogP) is 3.16. The highest BCUT2D eigenvalue weighted by Crippen LogP contribution is 2.26. The number of aromatic nitrogens is 1. The molecule has 0 aliphatic carbocycles. The zero-order chi connectivity index (χ0) is 14.0. The molecule has 1 rings (SSSR count). The first-order valence-electron chi connectivity index (χ1n) is 6.43. The van der Waals surface area contributed by atoms with Crippen LogP contribution >= 0.6 is 11.3 Å². The minimum Gasteiger partial charge on any atom is -0.390 e. The second kappa shape index (κ2) is 5.68. The summed E-state index contributed by atoms with van der Waals surface area (Å²) in [5, 5.41) is 13.3. The monoisotopic (exact) mass is 271 g/mol. The molecule has 0 radical (unpaired) electrons. The molecule has 104 valence electrons. The normalized spacial score (nSPS) is 14.8. The van der Waals surface area contributed by atoms with Gasteiger partial charge in [-0.1, -0.05) is 20.8 Å². The lowest BCUT2D eigenvalue weighted by molar-refractivity contribution is -0.0955. The van der Waals surface area contributed by atoms with E-state index in [2.05, 4.69) is 31.1 Å². The Balaban J connectivity index is 2.71. The minimum atomic E-state index is -0.531. The number of nitrogens with zero attached hydrogens (tertiary/aromatic N) is 1. The number of ether oxygens (including phenoxy) is 1. The summed E-state index contributed by atoms with van der Waals surface area (Å²) < 4.78 is 5.56. The van der Waals surface area contributed by atoms with Gasteiger partial charge in [-0.3, -0.25) is 0 Å². The fraction of sp³-hybridized carbons (Fsp3) is 0.786. The van der Waals surface area contributed by atoms with E-state index in [1.165, 1.54) is 0 Å². The third kappa shape index (κ3) is 4.04. The number of hydrogen-bond donors (Lipinski definition) is 1. The molecule has 0 saturated carbocycles. The molecule has 1 heterocycles. The molecule has 3 nitrogen and oxygen atoms in total. The van der Waals surface area contributed by atoms with Crippen LogP contribution in [0.3, 0.4) is 0 Å². The van der Waals surface area contributed by atoms with E-state index in [1.54, 1.807) is 11.3 Å². The molecular weight excluding hydrogens is 246 g/mol. The molecule has 1 aromatic rings. The van der Waals surface area contributed by atoms with Gasteiger partial charge in [0.2, 0.25) is 0 Å². The van der Waals surface area contributed by atoms with Crippen LogP contribution in [0.1, 0.15) is 52.2 Å². The van der Waals surface area contributed by atoms with Gasteiger partial charge in [0, 0.05) is 23.8 Å². The van der Waals surface area contributed by atoms with Crippen LogP contribution in [0.15, 0.2) is 5.38 Å². The van der Waals surface area contributed by atoms with Crippen molar-refractivity contribution >= 4 is 11.3 Å². The second-order valence-electron chi connectivity index (χ2n) is 6.13. The molecule has 1 aromatic heterocycles. The lowest BCUT2D eigenvalue weighted by atomic mass is 9.93. The molecule has 18 heavy (non-hydrogen) atoms. The van der Waals surface area contributed by atoms with Gasteiger partial charge in [0.25, 0.3) is 0 Å². The lowest BCUT2D eigenvalue weighted by Gasteiger charge is -2.29. The fourth-order valence-electron chi connectivity index (χ4n) is 1.63. The first-order valence-corrected chi connectivity index (χ1v) is 7.31. The Morgan fingerprint density at radius 3 is 2.39 bits per heavy atom. The average molecular weight is 271 g/mol. The van der Waals surface area contributed by atoms with Gasteiger partial charge >= 0.3 is 0 Å². The van der Waals surface area contributed by atoms with Crippen molar-refractivity contribution in [2.24, 2.45) is 0 Å². The Bertz CT molecular complexity index is 379. The van der Waals surface area contributed by atoms with Gasteiger partial charge in [0.1, 0.15) is 0 Å². The number of hydrogen-bond acceptors (Lipinski definition) is 4. The number of aliphatic hydroxyl groups is 1. The van der Waals surface area contributed by atoms with Gasteiger partial charge in [-0.15, -0.1) is 11.3 Å². The number of rotatable bonds is 5. The van der Waals surface area contributed by atoms with Gasteiger partial charge in [-0.2, -0.15) is 0 Å². The van der Waals surface area contributed by atoms with Crippen molar-refractivity contribution in [3.63, 3.8) is 0 Å². The summed E-state index contributed by atoms with van der Waals surface area (Å²) in [6, 6.07) is 0. The zero-order valence-electron chi connectivity index (χ0n) is 12.3. The molecule has 1 atom stereocenters. The van der Waals surface area contributed by atoms with Gasteiger partial charge in [-0.05, 0) is 20.8 Å². The van der Waals surface area contributed by atoms with Crippen molar-refractivity contribution in [3.05, 3.63) is 16.1 Å². The Morgan fingerprint density at radius 1 is 1.33 bits per heavy atom. The predicted molar refractivity (Wildman–Crippen MR) is 76.2 cm³/mol. The quantitative estimate of drug-likeness (QED) is 0.894. The Kier molecular flexibility index (Phi) is 4.92. The van der Waals surface area contributed by atoms with Crippen LogP contribution in [0.2, 0.25) is 0 Å². The van der Waals surface area contributed by atoms with Crippen molar-refractivity contribution in [1.29, 1.82) is 0 Å². The topological polar surface area (TPSA) is 42.4 Å². The van der Waals surface area contributed by atoms with Crippen molar-refractivity contribution in [3.8, 4) is 0 Å². The molecule has 0 aliphatic heterocycles. The summed E-state index contributed by atoms with van der Waals surface area (Å²) in [5.74, 6) is 0. The molecule has 0 spiro atoms. The summed E-state index contributed by atoms with van der Waals surface area (Å²) in [5.41, 5.74) is 0.626. The van der Waals surface area contributed by atoms with Crippen LogP contribution in [0, 0.1) is 0 Å². The Labute approximate surface area is 114 Å². The average Bonchev–Trinajstić information content (AvgIpc) is 2.65. The highest BCUT2D eigenvalue weighted by molar-refractivity contribution is 7.09. The third-order valence-corrected chi connectivity index (χ3v) is 3.88. The molecule has 4 heteroatoms. The molecule has 1 N–H and O–H groups in total. The third-order valence-electron chi connectivity index (χ3n) is 3.01. The Morgan fingerprint density at radius 2 is 1.94 bits per heavy atom. The standard InChI is InChI=1S/C14H25NO2S/c1-7-17-14(5,6)11(16)8-12-15-10(9-18-12)13(2,3)4/h9,11,16H,7-8H2,1-6H3. The highest BCUT2D eigenvalue weighted by atomic mass is 32.1. The van der Waals surface area contributed by atoms with E-state index >= 15 is 0 Å². The largest absolute Gasteiger partial charge is 0.390 e. The smallest absolute Gasteiger partial charge is 0.0955 e. The fourth-order valence-corrected chi connectivity index (χ4v) is 2.69. The van der Waals surface area contributed by atoms with Crippen molar-refractivity contribution in [2.75, 3.05) is 6.61 Å². The van der Waals surface area contributed by atoms with Crippen LogP contribution < -0.4 is 0 Å². The van der Waals surface area contributed by atoms with Gasteiger partial charge in [-0.25, -0.2) is 4.98 Å². The summed E-state index contributed by atoms with van der Waals surface area (Å²) in [6.07, 6.45) is 0.0183. The first kappa shape index (κ1) is 15.6. The summed E-state index contributed by atoms with van der Waals surface area (Å²) in [4.78, 5) is 4.60. The van der Waals surface area contributed by atoms with E-state index < -0.39 is 11.7 Å². The molecule has 0 aromatic carbocycles. The first-order chi connectivity index (χ1) is 8.16. The number of thiazole rings is 1. The summed E-state index contributed by atoms with van der Waals surface area (Å²) in [7, 11) is 0. The van der Waals surface area contributed by atoms with Gasteiger partial charge in [0.05, 0.1) is 22.4 Å².